The highest BCUT2D eigenvalue weighted by molar-refractivity contribution is 8.00. The van der Waals surface area contributed by atoms with Crippen LogP contribution < -0.4 is 14.4 Å². The van der Waals surface area contributed by atoms with Crippen molar-refractivity contribution in [2.45, 2.75) is 30.0 Å². The Kier molecular flexibility index (Phi) is 8.35. The van der Waals surface area contributed by atoms with Crippen LogP contribution in [0.1, 0.15) is 33.9 Å². The molecule has 41 heavy (non-hydrogen) atoms. The minimum absolute atomic E-state index is 0.0403. The Morgan fingerprint density at radius 3 is 2.44 bits per heavy atom. The van der Waals surface area contributed by atoms with Crippen molar-refractivity contribution in [2.24, 2.45) is 0 Å². The SMILES string of the molecule is COc1ccc(C2C(=C(O)c3cc(C)ccc3C)C(=O)C(=O)N2c2nnc(SCc3ccc(Cl)cc3)s2)cc1OC. The number of anilines is 1. The van der Waals surface area contributed by atoms with E-state index in [1.54, 1.807) is 24.3 Å². The van der Waals surface area contributed by atoms with Gasteiger partial charge in [0.2, 0.25) is 5.13 Å². The maximum atomic E-state index is 13.6. The Hall–Kier alpha value is -3.86. The number of aryl methyl sites for hydroxylation is 2. The van der Waals surface area contributed by atoms with Gasteiger partial charge in [-0.15, -0.1) is 10.2 Å². The molecule has 4 aromatic rings. The first-order valence-electron chi connectivity index (χ1n) is 12.5. The normalized spacial score (nSPS) is 16.3. The topological polar surface area (TPSA) is 102 Å². The number of nitrogens with zero attached hydrogens (tertiary/aromatic N) is 3. The van der Waals surface area contributed by atoms with Gasteiger partial charge in [0.15, 0.2) is 15.8 Å². The maximum absolute atomic E-state index is 13.6. The Balaban J connectivity index is 1.60. The van der Waals surface area contributed by atoms with Crippen LogP contribution >= 0.6 is 34.7 Å². The summed E-state index contributed by atoms with van der Waals surface area (Å²) in [5.41, 5.74) is 3.70. The number of halogens is 1. The number of aliphatic hydroxyl groups is 1. The van der Waals surface area contributed by atoms with Gasteiger partial charge in [-0.25, -0.2) is 0 Å². The van der Waals surface area contributed by atoms with Gasteiger partial charge in [0.05, 0.1) is 25.8 Å². The van der Waals surface area contributed by atoms with Crippen molar-refractivity contribution in [2.75, 3.05) is 19.1 Å². The average molecular weight is 608 g/mol. The summed E-state index contributed by atoms with van der Waals surface area (Å²) in [4.78, 5) is 28.5. The Bertz CT molecular complexity index is 1670. The van der Waals surface area contributed by atoms with E-state index in [1.165, 1.54) is 42.2 Å². The van der Waals surface area contributed by atoms with Gasteiger partial charge in [0.25, 0.3) is 5.78 Å². The van der Waals surface area contributed by atoms with Gasteiger partial charge in [-0.05, 0) is 60.9 Å². The zero-order chi connectivity index (χ0) is 29.3. The number of carbonyl (C=O) groups excluding carboxylic acids is 2. The minimum atomic E-state index is -0.975. The fourth-order valence-electron chi connectivity index (χ4n) is 4.59. The summed E-state index contributed by atoms with van der Waals surface area (Å²) in [7, 11) is 3.03. The number of Topliss-reactive ketones (excluding diaryl/α,β-unsaturated/α-hetero) is 1. The molecule has 11 heteroatoms. The Labute approximate surface area is 250 Å². The van der Waals surface area contributed by atoms with Crippen LogP contribution in [0.25, 0.3) is 5.76 Å². The molecule has 0 radical (unpaired) electrons. The van der Waals surface area contributed by atoms with Crippen molar-refractivity contribution in [1.29, 1.82) is 0 Å². The van der Waals surface area contributed by atoms with E-state index in [2.05, 4.69) is 10.2 Å². The van der Waals surface area contributed by atoms with E-state index in [-0.39, 0.29) is 16.5 Å². The third-order valence-electron chi connectivity index (χ3n) is 6.69. The lowest BCUT2D eigenvalue weighted by Crippen LogP contribution is -2.29. The molecule has 3 aromatic carbocycles. The molecule has 1 saturated heterocycles. The standard InChI is InChI=1S/C30H26ClN3O5S2/c1-16-5-6-17(2)21(13-16)26(35)24-25(19-9-12-22(38-3)23(14-19)39-4)34(28(37)27(24)36)29-32-33-30(41-29)40-15-18-7-10-20(31)11-8-18/h5-14,25,35H,15H2,1-4H3. The van der Waals surface area contributed by atoms with Crippen molar-refractivity contribution in [3.63, 3.8) is 0 Å². The molecule has 210 valence electrons. The summed E-state index contributed by atoms with van der Waals surface area (Å²) in [5.74, 6) is -0.348. The second-order valence-electron chi connectivity index (χ2n) is 9.37. The highest BCUT2D eigenvalue weighted by Gasteiger charge is 2.48. The van der Waals surface area contributed by atoms with Crippen molar-refractivity contribution in [3.8, 4) is 11.5 Å². The number of methoxy groups -OCH3 is 2. The highest BCUT2D eigenvalue weighted by atomic mass is 35.5. The fraction of sp³-hybridized carbons (Fsp3) is 0.200. The summed E-state index contributed by atoms with van der Waals surface area (Å²) in [6.45, 7) is 3.73. The maximum Gasteiger partial charge on any atom is 0.301 e. The van der Waals surface area contributed by atoms with Crippen LogP contribution in [0.15, 0.2) is 70.6 Å². The van der Waals surface area contributed by atoms with Crippen molar-refractivity contribution in [3.05, 3.63) is 99.1 Å². The number of hydrogen-bond donors (Lipinski definition) is 1. The van der Waals surface area contributed by atoms with E-state index in [0.717, 1.165) is 16.7 Å². The van der Waals surface area contributed by atoms with Crippen molar-refractivity contribution < 1.29 is 24.2 Å². The quantitative estimate of drug-likeness (QED) is 0.0772. The molecule has 0 spiro atoms. The summed E-state index contributed by atoms with van der Waals surface area (Å²) < 4.78 is 11.5. The minimum Gasteiger partial charge on any atom is -0.507 e. The third-order valence-corrected chi connectivity index (χ3v) is 9.07. The van der Waals surface area contributed by atoms with Crippen LogP contribution in [0.5, 0.6) is 11.5 Å². The molecule has 1 unspecified atom stereocenters. The van der Waals surface area contributed by atoms with Gasteiger partial charge < -0.3 is 14.6 Å². The number of aromatic nitrogens is 2. The molecule has 1 atom stereocenters. The molecule has 0 bridgehead atoms. The van der Waals surface area contributed by atoms with Crippen LogP contribution in [0.2, 0.25) is 5.02 Å². The molecule has 1 N–H and O–H groups in total. The number of aliphatic hydroxyl groups excluding tert-OH is 1. The lowest BCUT2D eigenvalue weighted by molar-refractivity contribution is -0.132. The number of amides is 1. The first-order chi connectivity index (χ1) is 19.7. The third kappa shape index (κ3) is 5.68. The molecule has 1 aliphatic heterocycles. The lowest BCUT2D eigenvalue weighted by Gasteiger charge is -2.23. The molecular weight excluding hydrogens is 582 g/mol. The van der Waals surface area contributed by atoms with Crippen LogP contribution in [0.3, 0.4) is 0 Å². The van der Waals surface area contributed by atoms with Crippen LogP contribution in [-0.2, 0) is 15.3 Å². The average Bonchev–Trinajstić information content (AvgIpc) is 3.55. The Morgan fingerprint density at radius 1 is 1.00 bits per heavy atom. The molecule has 1 amide bonds. The molecule has 0 aliphatic carbocycles. The van der Waals surface area contributed by atoms with Crippen molar-refractivity contribution in [1.82, 2.24) is 10.2 Å². The van der Waals surface area contributed by atoms with E-state index < -0.39 is 17.7 Å². The van der Waals surface area contributed by atoms with Gasteiger partial charge in [-0.1, -0.05) is 70.6 Å². The number of ketones is 1. The predicted molar refractivity (Wildman–Crippen MR) is 161 cm³/mol. The molecule has 5 rings (SSSR count). The molecule has 1 aliphatic rings. The highest BCUT2D eigenvalue weighted by Crippen LogP contribution is 2.46. The first-order valence-corrected chi connectivity index (χ1v) is 14.7. The largest absolute Gasteiger partial charge is 0.507 e. The number of hydrogen-bond acceptors (Lipinski definition) is 9. The summed E-state index contributed by atoms with van der Waals surface area (Å²) in [6.07, 6.45) is 0. The van der Waals surface area contributed by atoms with Gasteiger partial charge in [0.1, 0.15) is 5.76 Å². The zero-order valence-corrected chi connectivity index (χ0v) is 25.1. The van der Waals surface area contributed by atoms with E-state index in [4.69, 9.17) is 21.1 Å². The summed E-state index contributed by atoms with van der Waals surface area (Å²) in [6, 6.07) is 17.2. The molecule has 2 heterocycles. The number of ether oxygens (including phenoxy) is 2. The van der Waals surface area contributed by atoms with E-state index in [9.17, 15) is 14.7 Å². The monoisotopic (exact) mass is 607 g/mol. The summed E-state index contributed by atoms with van der Waals surface area (Å²) >= 11 is 8.65. The predicted octanol–water partition coefficient (Wildman–Crippen LogP) is 6.74. The van der Waals surface area contributed by atoms with Gasteiger partial charge >= 0.3 is 5.91 Å². The number of rotatable bonds is 8. The van der Waals surface area contributed by atoms with E-state index in [0.29, 0.717) is 37.7 Å². The zero-order valence-electron chi connectivity index (χ0n) is 22.7. The molecular formula is C30H26ClN3O5S2. The molecule has 1 fully saturated rings. The van der Waals surface area contributed by atoms with Gasteiger partial charge in [0, 0.05) is 16.3 Å². The second-order valence-corrected chi connectivity index (χ2v) is 12.0. The molecule has 1 aromatic heterocycles. The van der Waals surface area contributed by atoms with Gasteiger partial charge in [-0.3, -0.25) is 14.5 Å². The fourth-order valence-corrected chi connectivity index (χ4v) is 6.54. The van der Waals surface area contributed by atoms with Crippen LogP contribution in [0, 0.1) is 13.8 Å². The number of benzene rings is 3. The Morgan fingerprint density at radius 2 is 1.73 bits per heavy atom. The van der Waals surface area contributed by atoms with Crippen LogP contribution in [0.4, 0.5) is 5.13 Å². The smallest absolute Gasteiger partial charge is 0.301 e. The van der Waals surface area contributed by atoms with E-state index in [1.807, 2.05) is 50.2 Å². The first kappa shape index (κ1) is 28.7. The van der Waals surface area contributed by atoms with Gasteiger partial charge in [-0.2, -0.15) is 0 Å². The number of carbonyl (C=O) groups is 2. The molecule has 8 nitrogen and oxygen atoms in total. The second kappa shape index (κ2) is 11.9. The molecule has 0 saturated carbocycles. The lowest BCUT2D eigenvalue weighted by atomic mass is 9.93. The van der Waals surface area contributed by atoms with Crippen molar-refractivity contribution >= 4 is 57.3 Å². The van der Waals surface area contributed by atoms with Crippen LogP contribution in [-0.4, -0.2) is 41.2 Å². The number of thioether (sulfide) groups is 1. The summed E-state index contributed by atoms with van der Waals surface area (Å²) in [5, 5.41) is 21.0. The van der Waals surface area contributed by atoms with E-state index >= 15 is 0 Å².